The average molecular weight is 379 g/mol. The molecule has 3 rings (SSSR count). The first-order valence-corrected chi connectivity index (χ1v) is 8.85. The summed E-state index contributed by atoms with van der Waals surface area (Å²) < 4.78 is 10.4. The zero-order valence-corrected chi connectivity index (χ0v) is 15.4. The minimum absolute atomic E-state index is 0.357. The van der Waals surface area contributed by atoms with Crippen LogP contribution in [0.4, 0.5) is 0 Å². The normalized spacial score (nSPS) is 12.2. The molecule has 0 aliphatic rings. The quantitative estimate of drug-likeness (QED) is 0.616. The molecule has 2 aromatic carbocycles. The molecule has 0 radical (unpaired) electrons. The Labute approximate surface area is 162 Å². The Morgan fingerprint density at radius 1 is 1.00 bits per heavy atom. The van der Waals surface area contributed by atoms with Crippen molar-refractivity contribution >= 4 is 11.9 Å². The summed E-state index contributed by atoms with van der Waals surface area (Å²) in [5.74, 6) is -0.837. The molecule has 144 valence electrons. The largest absolute Gasteiger partial charge is 0.467 e. The van der Waals surface area contributed by atoms with E-state index in [1.54, 1.807) is 79.7 Å². The van der Waals surface area contributed by atoms with Crippen LogP contribution in [0.2, 0.25) is 0 Å². The van der Waals surface area contributed by atoms with Gasteiger partial charge < -0.3 is 19.6 Å². The van der Waals surface area contributed by atoms with E-state index in [4.69, 9.17) is 9.15 Å². The third-order valence-electron chi connectivity index (χ3n) is 4.36. The highest BCUT2D eigenvalue weighted by Crippen LogP contribution is 2.31. The third-order valence-corrected chi connectivity index (χ3v) is 4.36. The average Bonchev–Trinajstić information content (AvgIpc) is 3.28. The van der Waals surface area contributed by atoms with Crippen LogP contribution in [0, 0.1) is 0 Å². The van der Waals surface area contributed by atoms with E-state index in [1.165, 1.54) is 6.26 Å². The van der Waals surface area contributed by atoms with E-state index in [9.17, 15) is 14.7 Å². The van der Waals surface area contributed by atoms with E-state index in [2.05, 4.69) is 5.32 Å². The Kier molecular flexibility index (Phi) is 5.91. The molecule has 3 aromatic rings. The number of carbonyl (C=O) groups excluding carboxylic acids is 2. The van der Waals surface area contributed by atoms with E-state index >= 15 is 0 Å². The number of aliphatic hydroxyl groups is 1. The Morgan fingerprint density at radius 2 is 1.57 bits per heavy atom. The number of ether oxygens (including phenoxy) is 1. The number of amides is 1. The fourth-order valence-corrected chi connectivity index (χ4v) is 2.89. The van der Waals surface area contributed by atoms with Crippen LogP contribution in [-0.4, -0.2) is 23.6 Å². The highest BCUT2D eigenvalue weighted by atomic mass is 16.6. The first-order valence-electron chi connectivity index (χ1n) is 8.85. The number of hydrogen-bond acceptors (Lipinski definition) is 5. The molecule has 1 aromatic heterocycles. The summed E-state index contributed by atoms with van der Waals surface area (Å²) in [6.45, 7) is 1.23. The lowest BCUT2D eigenvalue weighted by Crippen LogP contribution is -2.40. The fraction of sp³-hybridized carbons (Fsp3) is 0.182. The van der Waals surface area contributed by atoms with Crippen LogP contribution in [0.5, 0.6) is 0 Å². The lowest BCUT2D eigenvalue weighted by Gasteiger charge is -2.27. The monoisotopic (exact) mass is 379 g/mol. The van der Waals surface area contributed by atoms with Gasteiger partial charge in [-0.3, -0.25) is 4.79 Å². The van der Waals surface area contributed by atoms with Gasteiger partial charge in [-0.05, 0) is 30.2 Å². The molecule has 0 aliphatic heterocycles. The van der Waals surface area contributed by atoms with Gasteiger partial charge in [-0.2, -0.15) is 0 Å². The van der Waals surface area contributed by atoms with Crippen molar-refractivity contribution in [2.75, 3.05) is 6.61 Å². The zero-order valence-electron chi connectivity index (χ0n) is 15.4. The molecule has 2 N–H and O–H groups in total. The van der Waals surface area contributed by atoms with Gasteiger partial charge >= 0.3 is 5.97 Å². The van der Waals surface area contributed by atoms with Gasteiger partial charge in [0, 0.05) is 0 Å². The topological polar surface area (TPSA) is 88.8 Å². The predicted molar refractivity (Wildman–Crippen MR) is 102 cm³/mol. The van der Waals surface area contributed by atoms with Gasteiger partial charge in [0.25, 0.3) is 5.91 Å². The molecule has 0 saturated carbocycles. The summed E-state index contributed by atoms with van der Waals surface area (Å²) in [6.07, 6.45) is 1.51. The van der Waals surface area contributed by atoms with Gasteiger partial charge in [0.15, 0.2) is 6.61 Å². The van der Waals surface area contributed by atoms with Crippen molar-refractivity contribution in [2.24, 2.45) is 0 Å². The van der Waals surface area contributed by atoms with E-state index in [0.717, 1.165) is 0 Å². The lowest BCUT2D eigenvalue weighted by atomic mass is 9.86. The molecule has 0 bridgehead atoms. The minimum Gasteiger partial charge on any atom is -0.467 e. The lowest BCUT2D eigenvalue weighted by molar-refractivity contribution is -0.164. The van der Waals surface area contributed by atoms with E-state index in [0.29, 0.717) is 16.9 Å². The molecule has 0 fully saturated rings. The standard InChI is InChI=1S/C22H21NO5/c1-16(19-13-8-14-27-19)23-20(24)15-28-21(25)22(26,17-9-4-2-5-10-17)18-11-6-3-7-12-18/h2-14,16,26H,15H2,1H3,(H,23,24)/t16-/m1/s1. The van der Waals surface area contributed by atoms with Gasteiger partial charge in [0.1, 0.15) is 5.76 Å². The van der Waals surface area contributed by atoms with Crippen LogP contribution in [0.15, 0.2) is 83.5 Å². The number of rotatable bonds is 7. The number of esters is 1. The molecule has 6 nitrogen and oxygen atoms in total. The first-order chi connectivity index (χ1) is 13.5. The van der Waals surface area contributed by atoms with E-state index in [-0.39, 0.29) is 6.04 Å². The van der Waals surface area contributed by atoms with Gasteiger partial charge in [-0.15, -0.1) is 0 Å². The number of furan rings is 1. The number of benzene rings is 2. The molecule has 0 saturated heterocycles. The molecule has 0 unspecified atom stereocenters. The van der Waals surface area contributed by atoms with Crippen molar-refractivity contribution in [3.8, 4) is 0 Å². The van der Waals surface area contributed by atoms with Crippen LogP contribution in [0.25, 0.3) is 0 Å². The molecular formula is C22H21NO5. The van der Waals surface area contributed by atoms with Gasteiger partial charge in [0.05, 0.1) is 12.3 Å². The summed E-state index contributed by atoms with van der Waals surface area (Å²) in [5.41, 5.74) is -1.30. The Bertz CT molecular complexity index is 867. The number of nitrogens with one attached hydrogen (secondary N) is 1. The maximum Gasteiger partial charge on any atom is 0.348 e. The van der Waals surface area contributed by atoms with Crippen LogP contribution >= 0.6 is 0 Å². The molecule has 28 heavy (non-hydrogen) atoms. The Hall–Kier alpha value is -3.38. The van der Waals surface area contributed by atoms with Crippen LogP contribution in [0.1, 0.15) is 29.9 Å². The second-order valence-electron chi connectivity index (χ2n) is 6.32. The molecular weight excluding hydrogens is 358 g/mol. The summed E-state index contributed by atoms with van der Waals surface area (Å²) in [6, 6.07) is 20.0. The Balaban J connectivity index is 1.73. The van der Waals surface area contributed by atoms with Crippen molar-refractivity contribution < 1.29 is 23.8 Å². The van der Waals surface area contributed by atoms with Crippen LogP contribution in [0.3, 0.4) is 0 Å². The van der Waals surface area contributed by atoms with Gasteiger partial charge in [0.2, 0.25) is 5.60 Å². The minimum atomic E-state index is -2.02. The van der Waals surface area contributed by atoms with Crippen molar-refractivity contribution in [2.45, 2.75) is 18.6 Å². The molecule has 6 heteroatoms. The highest BCUT2D eigenvalue weighted by molar-refractivity contribution is 5.88. The third kappa shape index (κ3) is 4.13. The molecule has 1 amide bonds. The van der Waals surface area contributed by atoms with Gasteiger partial charge in [-0.1, -0.05) is 60.7 Å². The van der Waals surface area contributed by atoms with Gasteiger partial charge in [-0.25, -0.2) is 4.79 Å². The summed E-state index contributed by atoms with van der Waals surface area (Å²) in [4.78, 5) is 25.0. The maximum atomic E-state index is 12.8. The van der Waals surface area contributed by atoms with E-state index < -0.39 is 24.1 Å². The molecule has 1 atom stereocenters. The zero-order chi connectivity index (χ0) is 20.0. The van der Waals surface area contributed by atoms with E-state index in [1.807, 2.05) is 0 Å². The molecule has 1 heterocycles. The predicted octanol–water partition coefficient (Wildman–Crippen LogP) is 2.94. The van der Waals surface area contributed by atoms with Crippen molar-refractivity contribution in [1.82, 2.24) is 5.32 Å². The van der Waals surface area contributed by atoms with Crippen LogP contribution < -0.4 is 5.32 Å². The second-order valence-corrected chi connectivity index (χ2v) is 6.32. The smallest absolute Gasteiger partial charge is 0.348 e. The summed E-state index contributed by atoms with van der Waals surface area (Å²) in [7, 11) is 0. The van der Waals surface area contributed by atoms with Crippen molar-refractivity contribution in [3.63, 3.8) is 0 Å². The SMILES string of the molecule is C[C@@H](NC(=O)COC(=O)C(O)(c1ccccc1)c1ccccc1)c1ccco1. The number of hydrogen-bond donors (Lipinski definition) is 2. The first kappa shape index (κ1) is 19.4. The summed E-state index contributed by atoms with van der Waals surface area (Å²) >= 11 is 0. The fourth-order valence-electron chi connectivity index (χ4n) is 2.89. The van der Waals surface area contributed by atoms with Crippen molar-refractivity contribution in [1.29, 1.82) is 0 Å². The summed E-state index contributed by atoms with van der Waals surface area (Å²) in [5, 5.41) is 13.9. The van der Waals surface area contributed by atoms with Crippen LogP contribution in [-0.2, 0) is 19.9 Å². The molecule has 0 spiro atoms. The number of carbonyl (C=O) groups is 2. The molecule has 0 aliphatic carbocycles. The van der Waals surface area contributed by atoms with Crippen molar-refractivity contribution in [3.05, 3.63) is 95.9 Å². The Morgan fingerprint density at radius 3 is 2.07 bits per heavy atom. The highest BCUT2D eigenvalue weighted by Gasteiger charge is 2.41. The second kappa shape index (κ2) is 8.54. The maximum absolute atomic E-state index is 12.8.